The van der Waals surface area contributed by atoms with Gasteiger partial charge < -0.3 is 9.64 Å². The van der Waals surface area contributed by atoms with Gasteiger partial charge in [-0.1, -0.05) is 41.9 Å². The van der Waals surface area contributed by atoms with E-state index in [-0.39, 0.29) is 23.4 Å². The Morgan fingerprint density at radius 3 is 2.75 bits per heavy atom. The molecule has 2 heterocycles. The predicted molar refractivity (Wildman–Crippen MR) is 106 cm³/mol. The maximum absolute atomic E-state index is 12.6. The molecule has 0 aliphatic carbocycles. The first-order valence-corrected chi connectivity index (χ1v) is 10.9. The van der Waals surface area contributed by atoms with E-state index in [0.29, 0.717) is 35.9 Å². The summed E-state index contributed by atoms with van der Waals surface area (Å²) in [5.74, 6) is -0.229. The minimum absolute atomic E-state index is 0.118. The first kappa shape index (κ1) is 19.0. The summed E-state index contributed by atoms with van der Waals surface area (Å²) in [6, 6.07) is 14.0. The molecule has 0 N–H and O–H groups in total. The Bertz CT molecular complexity index is 1050. The number of carbonyl (C=O) groups excluding carboxylic acids is 1. The summed E-state index contributed by atoms with van der Waals surface area (Å²) in [6.45, 7) is 1.15. The number of piperidine rings is 1. The lowest BCUT2D eigenvalue weighted by Gasteiger charge is -2.32. The Morgan fingerprint density at radius 1 is 1.18 bits per heavy atom. The highest BCUT2D eigenvalue weighted by Crippen LogP contribution is 2.30. The second-order valence-corrected chi connectivity index (χ2v) is 8.85. The Morgan fingerprint density at radius 2 is 1.93 bits per heavy atom. The lowest BCUT2D eigenvalue weighted by atomic mass is 9.97. The summed E-state index contributed by atoms with van der Waals surface area (Å²) in [5, 5.41) is 0.558. The van der Waals surface area contributed by atoms with Crippen LogP contribution in [0.15, 0.2) is 57.8 Å². The maximum atomic E-state index is 12.6. The number of likely N-dealkylation sites (tertiary alicyclic amines) is 1. The SMILES string of the molecule is O=C(OCc1ccccc1Cl)C1CCCN(C2=NS(=O)(=O)c3ccccc32)C1. The Balaban J connectivity index is 1.47. The van der Waals surface area contributed by atoms with Gasteiger partial charge in [-0.15, -0.1) is 4.40 Å². The van der Waals surface area contributed by atoms with Crippen LogP contribution in [0.3, 0.4) is 0 Å². The van der Waals surface area contributed by atoms with Crippen molar-refractivity contribution >= 4 is 33.4 Å². The number of ether oxygens (including phenoxy) is 1. The molecule has 8 heteroatoms. The molecule has 1 unspecified atom stereocenters. The van der Waals surface area contributed by atoms with Crippen molar-refractivity contribution in [2.75, 3.05) is 13.1 Å². The first-order chi connectivity index (χ1) is 13.5. The van der Waals surface area contributed by atoms with Crippen molar-refractivity contribution in [3.63, 3.8) is 0 Å². The highest BCUT2D eigenvalue weighted by molar-refractivity contribution is 7.90. The van der Waals surface area contributed by atoms with E-state index >= 15 is 0 Å². The van der Waals surface area contributed by atoms with Crippen LogP contribution in [0.4, 0.5) is 0 Å². The van der Waals surface area contributed by atoms with Crippen LogP contribution in [0.2, 0.25) is 5.02 Å². The van der Waals surface area contributed by atoms with Crippen LogP contribution in [-0.4, -0.2) is 38.2 Å². The number of halogens is 1. The molecule has 2 aliphatic heterocycles. The second-order valence-electron chi connectivity index (χ2n) is 6.87. The highest BCUT2D eigenvalue weighted by Gasteiger charge is 2.35. The number of rotatable bonds is 3. The van der Waals surface area contributed by atoms with Crippen LogP contribution in [0.25, 0.3) is 0 Å². The lowest BCUT2D eigenvalue weighted by Crippen LogP contribution is -2.42. The maximum Gasteiger partial charge on any atom is 0.311 e. The van der Waals surface area contributed by atoms with Gasteiger partial charge in [0.25, 0.3) is 10.0 Å². The molecule has 1 fully saturated rings. The molecule has 2 aromatic rings. The van der Waals surface area contributed by atoms with Crippen LogP contribution in [0, 0.1) is 5.92 Å². The van der Waals surface area contributed by atoms with Crippen LogP contribution >= 0.6 is 11.6 Å². The smallest absolute Gasteiger partial charge is 0.311 e. The molecule has 0 bridgehead atoms. The first-order valence-electron chi connectivity index (χ1n) is 9.05. The highest BCUT2D eigenvalue weighted by atomic mass is 35.5. The number of hydrogen-bond acceptors (Lipinski definition) is 5. The van der Waals surface area contributed by atoms with E-state index < -0.39 is 10.0 Å². The second kappa shape index (κ2) is 7.56. The molecule has 6 nitrogen and oxygen atoms in total. The van der Waals surface area contributed by atoms with Crippen LogP contribution in [0.5, 0.6) is 0 Å². The van der Waals surface area contributed by atoms with Gasteiger partial charge in [0.2, 0.25) is 0 Å². The molecular weight excluding hydrogens is 400 g/mol. The predicted octanol–water partition coefficient (Wildman–Crippen LogP) is 3.24. The monoisotopic (exact) mass is 418 g/mol. The minimum Gasteiger partial charge on any atom is -0.460 e. The van der Waals surface area contributed by atoms with Gasteiger partial charge in [-0.25, -0.2) is 0 Å². The van der Waals surface area contributed by atoms with Crippen molar-refractivity contribution in [3.8, 4) is 0 Å². The van der Waals surface area contributed by atoms with E-state index in [0.717, 1.165) is 12.0 Å². The fourth-order valence-electron chi connectivity index (χ4n) is 3.56. The van der Waals surface area contributed by atoms with Gasteiger partial charge in [-0.05, 0) is 31.0 Å². The topological polar surface area (TPSA) is 76.0 Å². The van der Waals surface area contributed by atoms with Gasteiger partial charge in [0.15, 0.2) is 5.84 Å². The van der Waals surface area contributed by atoms with Crippen molar-refractivity contribution in [1.82, 2.24) is 4.90 Å². The molecule has 0 radical (unpaired) electrons. The van der Waals surface area contributed by atoms with Crippen molar-refractivity contribution in [1.29, 1.82) is 0 Å². The zero-order valence-electron chi connectivity index (χ0n) is 15.0. The standard InChI is InChI=1S/C20H19ClN2O4S/c21-17-9-3-1-6-15(17)13-27-20(24)14-7-5-11-23(12-14)19-16-8-2-4-10-18(16)28(25,26)22-19/h1-4,6,8-10,14H,5,7,11-13H2. The van der Waals surface area contributed by atoms with Crippen molar-refractivity contribution in [3.05, 3.63) is 64.7 Å². The zero-order valence-corrected chi connectivity index (χ0v) is 16.6. The zero-order chi connectivity index (χ0) is 19.7. The molecule has 0 saturated carbocycles. The Hall–Kier alpha value is -2.38. The summed E-state index contributed by atoms with van der Waals surface area (Å²) in [5.41, 5.74) is 1.35. The normalized spacial score (nSPS) is 20.4. The number of fused-ring (bicyclic) bond motifs is 1. The van der Waals surface area contributed by atoms with Crippen LogP contribution in [-0.2, 0) is 26.2 Å². The average Bonchev–Trinajstić information content (AvgIpc) is 2.99. The van der Waals surface area contributed by atoms with Gasteiger partial charge in [0.1, 0.15) is 11.5 Å². The molecule has 0 spiro atoms. The number of esters is 1. The third-order valence-electron chi connectivity index (χ3n) is 4.99. The van der Waals surface area contributed by atoms with Crippen molar-refractivity contribution < 1.29 is 17.9 Å². The molecule has 1 saturated heterocycles. The summed E-state index contributed by atoms with van der Waals surface area (Å²) < 4.78 is 34.0. The third-order valence-corrected chi connectivity index (χ3v) is 6.69. The molecule has 4 rings (SSSR count). The molecule has 146 valence electrons. The summed E-state index contributed by atoms with van der Waals surface area (Å²) in [7, 11) is -3.68. The summed E-state index contributed by atoms with van der Waals surface area (Å²) in [6.07, 6.45) is 1.45. The quantitative estimate of drug-likeness (QED) is 0.715. The van der Waals surface area contributed by atoms with Gasteiger partial charge in [-0.3, -0.25) is 4.79 Å². The van der Waals surface area contributed by atoms with E-state index in [4.69, 9.17) is 16.3 Å². The number of hydrogen-bond donors (Lipinski definition) is 0. The third kappa shape index (κ3) is 3.64. The van der Waals surface area contributed by atoms with E-state index in [1.54, 1.807) is 30.3 Å². The minimum atomic E-state index is -3.68. The van der Waals surface area contributed by atoms with E-state index in [9.17, 15) is 13.2 Å². The van der Waals surface area contributed by atoms with Gasteiger partial charge in [0.05, 0.1) is 5.92 Å². The number of sulfonamides is 1. The fourth-order valence-corrected chi connectivity index (χ4v) is 4.98. The molecule has 0 aromatic heterocycles. The molecular formula is C20H19ClN2O4S. The van der Waals surface area contributed by atoms with Crippen LogP contribution < -0.4 is 0 Å². The van der Waals surface area contributed by atoms with Crippen molar-refractivity contribution in [2.45, 2.75) is 24.3 Å². The molecule has 0 amide bonds. The number of nitrogens with zero attached hydrogens (tertiary/aromatic N) is 2. The van der Waals surface area contributed by atoms with E-state index in [2.05, 4.69) is 4.40 Å². The van der Waals surface area contributed by atoms with Crippen molar-refractivity contribution in [2.24, 2.45) is 10.3 Å². The van der Waals surface area contributed by atoms with E-state index in [1.807, 2.05) is 23.1 Å². The Labute approximate surface area is 168 Å². The van der Waals surface area contributed by atoms with Crippen LogP contribution in [0.1, 0.15) is 24.0 Å². The summed E-state index contributed by atoms with van der Waals surface area (Å²) >= 11 is 6.11. The molecule has 2 aromatic carbocycles. The number of amidine groups is 1. The lowest BCUT2D eigenvalue weighted by molar-refractivity contribution is -0.151. The summed E-state index contributed by atoms with van der Waals surface area (Å²) in [4.78, 5) is 14.7. The van der Waals surface area contributed by atoms with Gasteiger partial charge in [0, 0.05) is 29.2 Å². The number of benzene rings is 2. The molecule has 1 atom stereocenters. The van der Waals surface area contributed by atoms with Gasteiger partial charge >= 0.3 is 5.97 Å². The average molecular weight is 419 g/mol. The van der Waals surface area contributed by atoms with E-state index in [1.165, 1.54) is 0 Å². The fraction of sp³-hybridized carbons (Fsp3) is 0.300. The molecule has 2 aliphatic rings. The molecule has 28 heavy (non-hydrogen) atoms. The van der Waals surface area contributed by atoms with Gasteiger partial charge in [-0.2, -0.15) is 8.42 Å². The largest absolute Gasteiger partial charge is 0.460 e. The Kier molecular flexibility index (Phi) is 5.12. The number of carbonyl (C=O) groups is 1.